The Hall–Kier alpha value is -2.86. The van der Waals surface area contributed by atoms with Gasteiger partial charge in [-0.1, -0.05) is 41.7 Å². The zero-order valence-electron chi connectivity index (χ0n) is 16.6. The Morgan fingerprint density at radius 1 is 1.14 bits per heavy atom. The molecule has 0 saturated carbocycles. The van der Waals surface area contributed by atoms with E-state index in [4.69, 9.17) is 9.72 Å². The molecule has 0 aliphatic carbocycles. The summed E-state index contributed by atoms with van der Waals surface area (Å²) >= 11 is 1.62. The van der Waals surface area contributed by atoms with Crippen LogP contribution in [0.5, 0.6) is 5.19 Å². The molecule has 1 aliphatic heterocycles. The lowest BCUT2D eigenvalue weighted by Crippen LogP contribution is -2.41. The fourth-order valence-electron chi connectivity index (χ4n) is 3.97. The zero-order chi connectivity index (χ0) is 20.0. The van der Waals surface area contributed by atoms with Crippen LogP contribution >= 0.6 is 11.3 Å². The second-order valence-corrected chi connectivity index (χ2v) is 8.70. The largest absolute Gasteiger partial charge is 0.467 e. The third-order valence-electron chi connectivity index (χ3n) is 5.68. The van der Waals surface area contributed by atoms with Gasteiger partial charge in [0, 0.05) is 36.8 Å². The van der Waals surface area contributed by atoms with Crippen molar-refractivity contribution in [2.24, 2.45) is 0 Å². The number of likely N-dealkylation sites (tertiary alicyclic amines) is 1. The molecular weight excluding hydrogens is 382 g/mol. The van der Waals surface area contributed by atoms with Crippen molar-refractivity contribution in [1.82, 2.24) is 14.9 Å². The monoisotopic (exact) mass is 405 g/mol. The Bertz CT molecular complexity index is 1130. The third kappa shape index (κ3) is 3.38. The Morgan fingerprint density at radius 2 is 1.90 bits per heavy atom. The van der Waals surface area contributed by atoms with Gasteiger partial charge in [-0.05, 0) is 37.1 Å². The van der Waals surface area contributed by atoms with E-state index in [-0.39, 0.29) is 12.0 Å². The number of H-pyrrole nitrogens is 1. The summed E-state index contributed by atoms with van der Waals surface area (Å²) in [6.07, 6.45) is 1.74. The van der Waals surface area contributed by atoms with Crippen LogP contribution in [-0.4, -0.2) is 40.0 Å². The van der Waals surface area contributed by atoms with Gasteiger partial charge in [0.05, 0.1) is 10.2 Å². The van der Waals surface area contributed by atoms with E-state index < -0.39 is 0 Å². The summed E-state index contributed by atoms with van der Waals surface area (Å²) < 4.78 is 7.39. The predicted molar refractivity (Wildman–Crippen MR) is 117 cm³/mol. The molecule has 5 rings (SSSR count). The highest BCUT2D eigenvalue weighted by Crippen LogP contribution is 2.33. The summed E-state index contributed by atoms with van der Waals surface area (Å²) in [4.78, 5) is 22.7. The minimum atomic E-state index is 0.0610. The number of ether oxygens (including phenoxy) is 1. The number of carbonyl (C=O) groups is 1. The van der Waals surface area contributed by atoms with E-state index >= 15 is 0 Å². The second-order valence-electron chi connectivity index (χ2n) is 7.74. The fourth-order valence-corrected chi connectivity index (χ4v) is 5.00. The van der Waals surface area contributed by atoms with E-state index in [1.54, 1.807) is 11.3 Å². The van der Waals surface area contributed by atoms with Crippen LogP contribution in [0, 0.1) is 13.8 Å². The minimum Gasteiger partial charge on any atom is -0.467 e. The molecule has 1 fully saturated rings. The number of nitrogens with zero attached hydrogens (tertiary/aromatic N) is 2. The van der Waals surface area contributed by atoms with Crippen molar-refractivity contribution in [3.63, 3.8) is 0 Å². The van der Waals surface area contributed by atoms with E-state index in [1.165, 1.54) is 15.8 Å². The van der Waals surface area contributed by atoms with E-state index in [2.05, 4.69) is 31.0 Å². The predicted octanol–water partition coefficient (Wildman–Crippen LogP) is 5.08. The first-order chi connectivity index (χ1) is 14.1. The van der Waals surface area contributed by atoms with Gasteiger partial charge in [0.25, 0.3) is 11.1 Å². The van der Waals surface area contributed by atoms with Crippen LogP contribution in [0.25, 0.3) is 21.1 Å². The summed E-state index contributed by atoms with van der Waals surface area (Å²) in [7, 11) is 0. The highest BCUT2D eigenvalue weighted by atomic mass is 32.1. The number of carbonyl (C=O) groups excluding carboxylic acids is 1. The lowest BCUT2D eigenvalue weighted by atomic mass is 10.1. The number of fused-ring (bicyclic) bond motifs is 2. The molecule has 0 spiro atoms. The molecule has 2 aromatic heterocycles. The Labute approximate surface area is 173 Å². The maximum Gasteiger partial charge on any atom is 0.274 e. The fraction of sp³-hybridized carbons (Fsp3) is 0.304. The number of rotatable bonds is 3. The average molecular weight is 406 g/mol. The van der Waals surface area contributed by atoms with Crippen molar-refractivity contribution in [3.05, 3.63) is 59.3 Å². The van der Waals surface area contributed by atoms with Crippen molar-refractivity contribution in [3.8, 4) is 5.19 Å². The number of nitrogens with one attached hydrogen (secondary N) is 1. The topological polar surface area (TPSA) is 58.2 Å². The first-order valence-electron chi connectivity index (χ1n) is 9.99. The molecule has 1 amide bonds. The number of para-hydroxylation sites is 1. The van der Waals surface area contributed by atoms with Crippen molar-refractivity contribution in [2.75, 3.05) is 13.1 Å². The second kappa shape index (κ2) is 7.19. The number of hydrogen-bond acceptors (Lipinski definition) is 4. The third-order valence-corrected chi connectivity index (χ3v) is 6.76. The molecule has 1 aliphatic rings. The van der Waals surface area contributed by atoms with Gasteiger partial charge in [0.2, 0.25) is 0 Å². The Balaban J connectivity index is 1.25. The first kappa shape index (κ1) is 18.2. The lowest BCUT2D eigenvalue weighted by Gasteiger charge is -2.31. The number of hydrogen-bond donors (Lipinski definition) is 1. The maximum atomic E-state index is 12.9. The van der Waals surface area contributed by atoms with Crippen molar-refractivity contribution < 1.29 is 9.53 Å². The molecule has 148 valence electrons. The number of aryl methyl sites for hydroxylation is 2. The molecule has 0 radical (unpaired) electrons. The van der Waals surface area contributed by atoms with Gasteiger partial charge in [0.1, 0.15) is 11.8 Å². The van der Waals surface area contributed by atoms with Crippen molar-refractivity contribution in [2.45, 2.75) is 32.8 Å². The van der Waals surface area contributed by atoms with E-state index in [0.717, 1.165) is 34.5 Å². The number of benzene rings is 2. The average Bonchev–Trinajstić information content (AvgIpc) is 3.36. The number of thiazole rings is 1. The molecule has 5 nitrogen and oxygen atoms in total. The van der Waals surface area contributed by atoms with Gasteiger partial charge >= 0.3 is 0 Å². The zero-order valence-corrected chi connectivity index (χ0v) is 17.4. The standard InChI is InChI=1S/C23H23N3O2S/c1-14-7-8-15(2)21-20(14)25-23(29-21)28-17-9-11-26(12-10-17)22(27)19-13-16-5-3-4-6-18(16)24-19/h3-8,13,17,24H,9-12H2,1-2H3. The molecule has 0 atom stereocenters. The molecule has 0 bridgehead atoms. The molecule has 6 heteroatoms. The molecule has 3 heterocycles. The van der Waals surface area contributed by atoms with Gasteiger partial charge < -0.3 is 14.6 Å². The number of aromatic amines is 1. The minimum absolute atomic E-state index is 0.0610. The van der Waals surface area contributed by atoms with E-state index in [9.17, 15) is 4.79 Å². The summed E-state index contributed by atoms with van der Waals surface area (Å²) in [6.45, 7) is 5.58. The highest BCUT2D eigenvalue weighted by Gasteiger charge is 2.26. The highest BCUT2D eigenvalue weighted by molar-refractivity contribution is 7.20. The SMILES string of the molecule is Cc1ccc(C)c2sc(OC3CCN(C(=O)c4cc5ccccc5[nH]4)CC3)nc12. The quantitative estimate of drug-likeness (QED) is 0.517. The van der Waals surface area contributed by atoms with Crippen LogP contribution in [-0.2, 0) is 0 Å². The van der Waals surface area contributed by atoms with Crippen LogP contribution < -0.4 is 4.74 Å². The summed E-state index contributed by atoms with van der Waals surface area (Å²) in [5, 5.41) is 1.80. The van der Waals surface area contributed by atoms with Crippen LogP contribution in [0.15, 0.2) is 42.5 Å². The van der Waals surface area contributed by atoms with E-state index in [1.807, 2.05) is 35.2 Å². The number of aromatic nitrogens is 2. The van der Waals surface area contributed by atoms with Crippen molar-refractivity contribution in [1.29, 1.82) is 0 Å². The van der Waals surface area contributed by atoms with Gasteiger partial charge in [-0.15, -0.1) is 0 Å². The molecule has 1 N–H and O–H groups in total. The molecule has 4 aromatic rings. The van der Waals surface area contributed by atoms with Gasteiger partial charge in [-0.25, -0.2) is 4.98 Å². The van der Waals surface area contributed by atoms with Crippen LogP contribution in [0.1, 0.15) is 34.5 Å². The van der Waals surface area contributed by atoms with E-state index in [0.29, 0.717) is 18.8 Å². The van der Waals surface area contributed by atoms with Crippen LogP contribution in [0.3, 0.4) is 0 Å². The summed E-state index contributed by atoms with van der Waals surface area (Å²) in [5.74, 6) is 0.0610. The Morgan fingerprint density at radius 3 is 2.66 bits per heavy atom. The first-order valence-corrected chi connectivity index (χ1v) is 10.8. The van der Waals surface area contributed by atoms with Crippen LogP contribution in [0.4, 0.5) is 0 Å². The lowest BCUT2D eigenvalue weighted by molar-refractivity contribution is 0.0591. The normalized spacial score (nSPS) is 15.3. The van der Waals surface area contributed by atoms with Crippen molar-refractivity contribution >= 4 is 38.4 Å². The van der Waals surface area contributed by atoms with Gasteiger partial charge in [-0.3, -0.25) is 4.79 Å². The molecular formula is C23H23N3O2S. The summed E-state index contributed by atoms with van der Waals surface area (Å²) in [5.41, 5.74) is 5.10. The number of piperidine rings is 1. The van der Waals surface area contributed by atoms with Crippen LogP contribution in [0.2, 0.25) is 0 Å². The molecule has 2 aromatic carbocycles. The van der Waals surface area contributed by atoms with Gasteiger partial charge in [-0.2, -0.15) is 0 Å². The Kier molecular flexibility index (Phi) is 4.51. The molecule has 1 saturated heterocycles. The number of amides is 1. The molecule has 0 unspecified atom stereocenters. The van der Waals surface area contributed by atoms with Gasteiger partial charge in [0.15, 0.2) is 0 Å². The maximum absolute atomic E-state index is 12.9. The smallest absolute Gasteiger partial charge is 0.274 e. The summed E-state index contributed by atoms with van der Waals surface area (Å²) in [6, 6.07) is 14.1. The molecule has 29 heavy (non-hydrogen) atoms.